The number of hydrogen-bond acceptors (Lipinski definition) is 5. The molecule has 0 unspecified atom stereocenters. The quantitative estimate of drug-likeness (QED) is 0.836. The number of methoxy groups -OCH3 is 1. The first-order valence-corrected chi connectivity index (χ1v) is 8.72. The van der Waals surface area contributed by atoms with Crippen molar-refractivity contribution in [1.82, 2.24) is 4.90 Å². The molecule has 1 atom stereocenters. The van der Waals surface area contributed by atoms with Gasteiger partial charge in [0.15, 0.2) is 0 Å². The summed E-state index contributed by atoms with van der Waals surface area (Å²) in [5.41, 5.74) is 1.19. The molecule has 1 aliphatic heterocycles. The van der Waals surface area contributed by atoms with Crippen LogP contribution in [0, 0.1) is 0 Å². The third-order valence-corrected chi connectivity index (χ3v) is 4.45. The van der Waals surface area contributed by atoms with Crippen LogP contribution in [0.2, 0.25) is 0 Å². The SMILES string of the molecule is COc1cccc(N2CCN(C[C@H](O)COc3ccccc3)CC2)c1. The van der Waals surface area contributed by atoms with Crippen molar-refractivity contribution in [2.24, 2.45) is 0 Å². The fourth-order valence-electron chi connectivity index (χ4n) is 3.06. The molecule has 0 saturated carbocycles. The van der Waals surface area contributed by atoms with E-state index in [4.69, 9.17) is 9.47 Å². The van der Waals surface area contributed by atoms with E-state index in [9.17, 15) is 5.11 Å². The first kappa shape index (κ1) is 17.6. The number of aliphatic hydroxyl groups excluding tert-OH is 1. The van der Waals surface area contributed by atoms with Gasteiger partial charge in [-0.25, -0.2) is 0 Å². The summed E-state index contributed by atoms with van der Waals surface area (Å²) >= 11 is 0. The van der Waals surface area contributed by atoms with E-state index in [2.05, 4.69) is 21.9 Å². The van der Waals surface area contributed by atoms with Crippen molar-refractivity contribution in [1.29, 1.82) is 0 Å². The molecule has 1 aliphatic rings. The van der Waals surface area contributed by atoms with E-state index < -0.39 is 6.10 Å². The first-order chi connectivity index (χ1) is 12.2. The summed E-state index contributed by atoms with van der Waals surface area (Å²) < 4.78 is 10.9. The molecule has 0 amide bonds. The first-order valence-electron chi connectivity index (χ1n) is 8.72. The highest BCUT2D eigenvalue weighted by Gasteiger charge is 2.20. The molecule has 3 rings (SSSR count). The van der Waals surface area contributed by atoms with Gasteiger partial charge in [0.2, 0.25) is 0 Å². The summed E-state index contributed by atoms with van der Waals surface area (Å²) in [6.07, 6.45) is -0.483. The molecule has 25 heavy (non-hydrogen) atoms. The van der Waals surface area contributed by atoms with Crippen LogP contribution in [0.25, 0.3) is 0 Å². The predicted octanol–water partition coefficient (Wildman–Crippen LogP) is 2.26. The number of piperazine rings is 1. The Morgan fingerprint density at radius 2 is 1.68 bits per heavy atom. The smallest absolute Gasteiger partial charge is 0.120 e. The van der Waals surface area contributed by atoms with E-state index in [1.807, 2.05) is 42.5 Å². The van der Waals surface area contributed by atoms with Gasteiger partial charge in [-0.3, -0.25) is 4.90 Å². The van der Waals surface area contributed by atoms with Crippen LogP contribution in [0.5, 0.6) is 11.5 Å². The fraction of sp³-hybridized carbons (Fsp3) is 0.400. The molecule has 1 fully saturated rings. The maximum atomic E-state index is 10.2. The van der Waals surface area contributed by atoms with Crippen LogP contribution >= 0.6 is 0 Å². The second-order valence-corrected chi connectivity index (χ2v) is 6.27. The van der Waals surface area contributed by atoms with Gasteiger partial charge in [-0.05, 0) is 24.3 Å². The zero-order chi connectivity index (χ0) is 17.5. The number of hydrogen-bond donors (Lipinski definition) is 1. The second-order valence-electron chi connectivity index (χ2n) is 6.27. The molecule has 134 valence electrons. The third kappa shape index (κ3) is 5.11. The zero-order valence-corrected chi connectivity index (χ0v) is 14.7. The molecule has 2 aromatic carbocycles. The number of para-hydroxylation sites is 1. The minimum absolute atomic E-state index is 0.320. The Bertz CT molecular complexity index is 642. The number of nitrogens with zero attached hydrogens (tertiary/aromatic N) is 2. The van der Waals surface area contributed by atoms with Crippen LogP contribution in [-0.2, 0) is 0 Å². The molecule has 0 aliphatic carbocycles. The number of ether oxygens (including phenoxy) is 2. The van der Waals surface area contributed by atoms with Gasteiger partial charge < -0.3 is 19.5 Å². The van der Waals surface area contributed by atoms with Crippen LogP contribution in [0.15, 0.2) is 54.6 Å². The lowest BCUT2D eigenvalue weighted by Crippen LogP contribution is -2.49. The Balaban J connectivity index is 1.42. The normalized spacial score (nSPS) is 16.5. The minimum atomic E-state index is -0.483. The van der Waals surface area contributed by atoms with Crippen molar-refractivity contribution < 1.29 is 14.6 Å². The summed E-state index contributed by atoms with van der Waals surface area (Å²) in [6.45, 7) is 4.71. The number of anilines is 1. The molecule has 5 heteroatoms. The van der Waals surface area contributed by atoms with E-state index in [0.29, 0.717) is 13.2 Å². The lowest BCUT2D eigenvalue weighted by Gasteiger charge is -2.37. The lowest BCUT2D eigenvalue weighted by atomic mass is 10.2. The molecular weight excluding hydrogens is 316 g/mol. The van der Waals surface area contributed by atoms with E-state index in [1.54, 1.807) is 7.11 Å². The topological polar surface area (TPSA) is 45.2 Å². The zero-order valence-electron chi connectivity index (χ0n) is 14.7. The predicted molar refractivity (Wildman–Crippen MR) is 99.6 cm³/mol. The molecule has 2 aromatic rings. The summed E-state index contributed by atoms with van der Waals surface area (Å²) in [6, 6.07) is 17.8. The van der Waals surface area contributed by atoms with Gasteiger partial charge in [0, 0.05) is 44.5 Å². The van der Waals surface area contributed by atoms with E-state index in [1.165, 1.54) is 5.69 Å². The molecule has 0 bridgehead atoms. The summed E-state index contributed by atoms with van der Waals surface area (Å²) in [5.74, 6) is 1.68. The van der Waals surface area contributed by atoms with Crippen molar-refractivity contribution in [3.63, 3.8) is 0 Å². The summed E-state index contributed by atoms with van der Waals surface area (Å²) in [5, 5.41) is 10.2. The average Bonchev–Trinajstić information content (AvgIpc) is 2.68. The maximum absolute atomic E-state index is 10.2. The molecule has 5 nitrogen and oxygen atoms in total. The third-order valence-electron chi connectivity index (χ3n) is 4.45. The fourth-order valence-corrected chi connectivity index (χ4v) is 3.06. The van der Waals surface area contributed by atoms with Crippen molar-refractivity contribution in [2.75, 3.05) is 51.3 Å². The van der Waals surface area contributed by atoms with Crippen LogP contribution in [0.3, 0.4) is 0 Å². The highest BCUT2D eigenvalue weighted by Crippen LogP contribution is 2.22. The summed E-state index contributed by atoms with van der Waals surface area (Å²) in [4.78, 5) is 4.64. The second kappa shape index (κ2) is 8.74. The number of β-amino-alcohol motifs (C(OH)–C–C–N with tert-alkyl or cyclic N) is 1. The van der Waals surface area contributed by atoms with Crippen LogP contribution < -0.4 is 14.4 Å². The number of rotatable bonds is 7. The van der Waals surface area contributed by atoms with Crippen LogP contribution in [-0.4, -0.2) is 62.6 Å². The van der Waals surface area contributed by atoms with E-state index in [-0.39, 0.29) is 0 Å². The standard InChI is InChI=1S/C20H26N2O3/c1-24-20-9-5-6-17(14-20)22-12-10-21(11-13-22)15-18(23)16-25-19-7-3-2-4-8-19/h2-9,14,18,23H,10-13,15-16H2,1H3/t18-/m0/s1. The lowest BCUT2D eigenvalue weighted by molar-refractivity contribution is 0.0663. The van der Waals surface area contributed by atoms with Gasteiger partial charge in [-0.1, -0.05) is 24.3 Å². The van der Waals surface area contributed by atoms with Gasteiger partial charge in [-0.15, -0.1) is 0 Å². The van der Waals surface area contributed by atoms with Gasteiger partial charge in [0.25, 0.3) is 0 Å². The monoisotopic (exact) mass is 342 g/mol. The molecule has 0 aromatic heterocycles. The van der Waals surface area contributed by atoms with Crippen LogP contribution in [0.4, 0.5) is 5.69 Å². The Morgan fingerprint density at radius 3 is 2.40 bits per heavy atom. The highest BCUT2D eigenvalue weighted by atomic mass is 16.5. The van der Waals surface area contributed by atoms with Gasteiger partial charge in [0.05, 0.1) is 7.11 Å². The molecule has 1 saturated heterocycles. The van der Waals surface area contributed by atoms with Crippen molar-refractivity contribution in [3.8, 4) is 11.5 Å². The number of aliphatic hydroxyl groups is 1. The molecular formula is C20H26N2O3. The van der Waals surface area contributed by atoms with Gasteiger partial charge in [0.1, 0.15) is 24.2 Å². The van der Waals surface area contributed by atoms with Crippen molar-refractivity contribution >= 4 is 5.69 Å². The average molecular weight is 342 g/mol. The highest BCUT2D eigenvalue weighted by molar-refractivity contribution is 5.51. The Labute approximate surface area is 149 Å². The van der Waals surface area contributed by atoms with Crippen molar-refractivity contribution in [3.05, 3.63) is 54.6 Å². The number of benzene rings is 2. The largest absolute Gasteiger partial charge is 0.497 e. The van der Waals surface area contributed by atoms with E-state index in [0.717, 1.165) is 37.7 Å². The molecule has 0 radical (unpaired) electrons. The Hall–Kier alpha value is -2.24. The summed E-state index contributed by atoms with van der Waals surface area (Å²) in [7, 11) is 1.69. The van der Waals surface area contributed by atoms with Gasteiger partial charge >= 0.3 is 0 Å². The Kier molecular flexibility index (Phi) is 6.14. The van der Waals surface area contributed by atoms with Crippen molar-refractivity contribution in [2.45, 2.75) is 6.10 Å². The maximum Gasteiger partial charge on any atom is 0.120 e. The minimum Gasteiger partial charge on any atom is -0.497 e. The molecule has 1 heterocycles. The molecule has 0 spiro atoms. The van der Waals surface area contributed by atoms with Gasteiger partial charge in [-0.2, -0.15) is 0 Å². The van der Waals surface area contributed by atoms with E-state index >= 15 is 0 Å². The van der Waals surface area contributed by atoms with Crippen LogP contribution in [0.1, 0.15) is 0 Å². The molecule has 1 N–H and O–H groups in total. The Morgan fingerprint density at radius 1 is 0.960 bits per heavy atom.